The van der Waals surface area contributed by atoms with Crippen LogP contribution in [0.4, 0.5) is 0 Å². The van der Waals surface area contributed by atoms with Crippen LogP contribution in [-0.2, 0) is 4.74 Å². The van der Waals surface area contributed by atoms with E-state index >= 15 is 0 Å². The molecular weight excluding hydrogens is 172 g/mol. The lowest BCUT2D eigenvalue weighted by molar-refractivity contribution is -0.00160. The molecule has 0 aliphatic carbocycles. The predicted octanol–water partition coefficient (Wildman–Crippen LogP) is 3.03. The zero-order chi connectivity index (χ0) is 8.81. The Morgan fingerprint density at radius 1 is 1.67 bits per heavy atom. The first-order valence-corrected chi connectivity index (χ1v) is 4.92. The maximum absolute atomic E-state index is 5.61. The van der Waals surface area contributed by atoms with Gasteiger partial charge in [-0.25, -0.2) is 0 Å². The SMILES string of the molecule is CCC1[C]CCOC1CC=CCl. The summed E-state index contributed by atoms with van der Waals surface area (Å²) in [5.74, 6) is 0.492. The highest BCUT2D eigenvalue weighted by molar-refractivity contribution is 6.25. The molecule has 1 aliphatic heterocycles. The van der Waals surface area contributed by atoms with Crippen LogP contribution in [0.2, 0.25) is 0 Å². The fourth-order valence-corrected chi connectivity index (χ4v) is 1.63. The summed E-state index contributed by atoms with van der Waals surface area (Å²) in [6.07, 6.45) is 8.67. The normalized spacial score (nSPS) is 31.2. The maximum atomic E-state index is 5.61. The Balaban J connectivity index is 2.36. The van der Waals surface area contributed by atoms with E-state index in [0.29, 0.717) is 12.0 Å². The molecule has 0 N–H and O–H groups in total. The molecule has 1 heterocycles. The molecule has 68 valence electrons. The van der Waals surface area contributed by atoms with Crippen molar-refractivity contribution in [1.82, 2.24) is 0 Å². The van der Waals surface area contributed by atoms with Crippen molar-refractivity contribution in [3.8, 4) is 0 Å². The van der Waals surface area contributed by atoms with E-state index in [4.69, 9.17) is 16.3 Å². The lowest BCUT2D eigenvalue weighted by Crippen LogP contribution is -2.29. The Morgan fingerprint density at radius 3 is 3.17 bits per heavy atom. The predicted molar refractivity (Wildman–Crippen MR) is 51.0 cm³/mol. The summed E-state index contributed by atoms with van der Waals surface area (Å²) in [5, 5.41) is 0. The smallest absolute Gasteiger partial charge is 0.0643 e. The fraction of sp³-hybridized carbons (Fsp3) is 0.700. The van der Waals surface area contributed by atoms with Crippen LogP contribution in [-0.4, -0.2) is 12.7 Å². The minimum Gasteiger partial charge on any atom is -0.378 e. The van der Waals surface area contributed by atoms with Gasteiger partial charge in [0.25, 0.3) is 0 Å². The van der Waals surface area contributed by atoms with E-state index in [0.717, 1.165) is 25.9 Å². The Hall–Kier alpha value is -0.0100. The average molecular weight is 187 g/mol. The first kappa shape index (κ1) is 10.1. The first-order chi connectivity index (χ1) is 5.88. The van der Waals surface area contributed by atoms with E-state index in [1.54, 1.807) is 5.54 Å². The summed E-state index contributed by atoms with van der Waals surface area (Å²) in [6.45, 7) is 2.99. The molecule has 0 aromatic carbocycles. The van der Waals surface area contributed by atoms with E-state index in [-0.39, 0.29) is 0 Å². The highest BCUT2D eigenvalue weighted by atomic mass is 35.5. The van der Waals surface area contributed by atoms with Gasteiger partial charge >= 0.3 is 0 Å². The van der Waals surface area contributed by atoms with Gasteiger partial charge in [-0.15, -0.1) is 0 Å². The molecule has 2 heteroatoms. The van der Waals surface area contributed by atoms with Gasteiger partial charge < -0.3 is 4.74 Å². The van der Waals surface area contributed by atoms with Crippen LogP contribution < -0.4 is 0 Å². The molecule has 1 saturated heterocycles. The number of hydrogen-bond donors (Lipinski definition) is 0. The summed E-state index contributed by atoms with van der Waals surface area (Å²) in [7, 11) is 0. The molecule has 12 heavy (non-hydrogen) atoms. The molecule has 0 spiro atoms. The van der Waals surface area contributed by atoms with E-state index in [9.17, 15) is 0 Å². The summed E-state index contributed by atoms with van der Waals surface area (Å²) >= 11 is 5.46. The quantitative estimate of drug-likeness (QED) is 0.659. The standard InChI is InChI=1S/C10H15ClO/c1-2-9-5-4-8-12-10(9)6-3-7-11/h3,7,9-10H,2,4,6,8H2,1H3. The second kappa shape index (κ2) is 5.60. The van der Waals surface area contributed by atoms with Crippen molar-refractivity contribution >= 4 is 11.6 Å². The molecule has 0 bridgehead atoms. The summed E-state index contributed by atoms with van der Waals surface area (Å²) in [5.41, 5.74) is 1.56. The molecule has 0 aromatic heterocycles. The zero-order valence-electron chi connectivity index (χ0n) is 7.42. The van der Waals surface area contributed by atoms with Crippen molar-refractivity contribution in [3.63, 3.8) is 0 Å². The molecule has 2 unspecified atom stereocenters. The van der Waals surface area contributed by atoms with Crippen molar-refractivity contribution in [2.75, 3.05) is 6.61 Å². The minimum atomic E-state index is 0.304. The van der Waals surface area contributed by atoms with Crippen LogP contribution in [0.15, 0.2) is 11.6 Å². The summed E-state index contributed by atoms with van der Waals surface area (Å²) in [4.78, 5) is 0. The number of halogens is 1. The van der Waals surface area contributed by atoms with Crippen LogP contribution in [0, 0.1) is 12.3 Å². The Labute approximate surface area is 79.7 Å². The Bertz CT molecular complexity index is 145. The molecular formula is C10H15ClO. The van der Waals surface area contributed by atoms with Crippen LogP contribution in [0.5, 0.6) is 0 Å². The second-order valence-corrected chi connectivity index (χ2v) is 3.23. The zero-order valence-corrected chi connectivity index (χ0v) is 8.18. The van der Waals surface area contributed by atoms with Crippen molar-refractivity contribution < 1.29 is 4.74 Å². The monoisotopic (exact) mass is 186 g/mol. The molecule has 0 saturated carbocycles. The Kier molecular flexibility index (Phi) is 4.70. The van der Waals surface area contributed by atoms with Crippen LogP contribution in [0.25, 0.3) is 0 Å². The van der Waals surface area contributed by atoms with E-state index < -0.39 is 0 Å². The maximum Gasteiger partial charge on any atom is 0.0643 e. The molecule has 0 aromatic rings. The van der Waals surface area contributed by atoms with Gasteiger partial charge in [0.1, 0.15) is 0 Å². The third kappa shape index (κ3) is 2.80. The van der Waals surface area contributed by atoms with Crippen molar-refractivity contribution in [2.24, 2.45) is 5.92 Å². The van der Waals surface area contributed by atoms with Crippen LogP contribution in [0.1, 0.15) is 26.2 Å². The number of rotatable bonds is 3. The largest absolute Gasteiger partial charge is 0.378 e. The summed E-state index contributed by atoms with van der Waals surface area (Å²) in [6, 6.07) is 0. The van der Waals surface area contributed by atoms with Gasteiger partial charge in [0.05, 0.1) is 6.10 Å². The lowest BCUT2D eigenvalue weighted by Gasteiger charge is -2.29. The molecule has 1 rings (SSSR count). The van der Waals surface area contributed by atoms with E-state index in [1.807, 2.05) is 6.08 Å². The first-order valence-electron chi connectivity index (χ1n) is 4.48. The van der Waals surface area contributed by atoms with Crippen LogP contribution in [0.3, 0.4) is 0 Å². The molecule has 2 radical (unpaired) electrons. The highest BCUT2D eigenvalue weighted by Crippen LogP contribution is 2.25. The van der Waals surface area contributed by atoms with E-state index in [2.05, 4.69) is 13.3 Å². The van der Waals surface area contributed by atoms with Crippen molar-refractivity contribution in [1.29, 1.82) is 0 Å². The molecule has 0 amide bonds. The topological polar surface area (TPSA) is 9.23 Å². The van der Waals surface area contributed by atoms with Crippen molar-refractivity contribution in [2.45, 2.75) is 32.3 Å². The second-order valence-electron chi connectivity index (χ2n) is 2.98. The average Bonchev–Trinajstić information content (AvgIpc) is 2.15. The third-order valence-corrected chi connectivity index (χ3v) is 2.36. The van der Waals surface area contributed by atoms with Gasteiger partial charge in [-0.1, -0.05) is 31.0 Å². The van der Waals surface area contributed by atoms with Gasteiger partial charge in [0.2, 0.25) is 0 Å². The number of hydrogen-bond acceptors (Lipinski definition) is 1. The molecule has 1 nitrogen and oxygen atoms in total. The molecule has 2 atom stereocenters. The van der Waals surface area contributed by atoms with Crippen molar-refractivity contribution in [3.05, 3.63) is 18.0 Å². The fourth-order valence-electron chi connectivity index (χ4n) is 1.53. The van der Waals surface area contributed by atoms with Gasteiger partial charge in [-0.3, -0.25) is 0 Å². The summed E-state index contributed by atoms with van der Waals surface area (Å²) < 4.78 is 5.61. The van der Waals surface area contributed by atoms with Crippen LogP contribution >= 0.6 is 11.6 Å². The van der Waals surface area contributed by atoms with Gasteiger partial charge in [0.15, 0.2) is 0 Å². The molecule has 1 fully saturated rings. The lowest BCUT2D eigenvalue weighted by atomic mass is 9.90. The van der Waals surface area contributed by atoms with E-state index in [1.165, 1.54) is 0 Å². The highest BCUT2D eigenvalue weighted by Gasteiger charge is 2.23. The minimum absolute atomic E-state index is 0.304. The van der Waals surface area contributed by atoms with Gasteiger partial charge in [0, 0.05) is 12.1 Å². The molecule has 1 aliphatic rings. The van der Waals surface area contributed by atoms with Gasteiger partial charge in [-0.05, 0) is 25.2 Å². The number of ether oxygens (including phenoxy) is 1. The third-order valence-electron chi connectivity index (χ3n) is 2.19. The van der Waals surface area contributed by atoms with Gasteiger partial charge in [-0.2, -0.15) is 0 Å². The Morgan fingerprint density at radius 2 is 2.50 bits per heavy atom.